The van der Waals surface area contributed by atoms with Gasteiger partial charge in [-0.1, -0.05) is 29.8 Å². The van der Waals surface area contributed by atoms with Gasteiger partial charge in [-0.2, -0.15) is 0 Å². The highest BCUT2D eigenvalue weighted by atomic mass is 35.5. The molecule has 0 aliphatic carbocycles. The number of halogens is 1. The average Bonchev–Trinajstić information content (AvgIpc) is 2.59. The van der Waals surface area contributed by atoms with E-state index in [1.165, 1.54) is 0 Å². The first-order valence-electron chi connectivity index (χ1n) is 7.98. The Kier molecular flexibility index (Phi) is 6.88. The monoisotopic (exact) mass is 345 g/mol. The van der Waals surface area contributed by atoms with Crippen LogP contribution < -0.4 is 15.5 Å². The number of hydrogen-bond acceptors (Lipinski definition) is 3. The van der Waals surface area contributed by atoms with Crippen LogP contribution in [-0.4, -0.2) is 31.6 Å². The van der Waals surface area contributed by atoms with Crippen LogP contribution in [0.15, 0.2) is 47.5 Å². The number of nitrogens with one attached hydrogen (secondary N) is 2. The Morgan fingerprint density at radius 2 is 1.88 bits per heavy atom. The fourth-order valence-corrected chi connectivity index (χ4v) is 2.22. The molecule has 1 heterocycles. The maximum Gasteiger partial charge on any atom is 0.191 e. The van der Waals surface area contributed by atoms with E-state index < -0.39 is 0 Å². The molecule has 6 heteroatoms. The van der Waals surface area contributed by atoms with Gasteiger partial charge in [-0.05, 0) is 36.8 Å². The van der Waals surface area contributed by atoms with E-state index in [-0.39, 0.29) is 0 Å². The minimum Gasteiger partial charge on any atom is -0.363 e. The van der Waals surface area contributed by atoms with Gasteiger partial charge >= 0.3 is 0 Å². The largest absolute Gasteiger partial charge is 0.363 e. The number of guanidine groups is 1. The number of anilines is 1. The van der Waals surface area contributed by atoms with E-state index >= 15 is 0 Å². The lowest BCUT2D eigenvalue weighted by molar-refractivity contribution is 0.798. The Balaban J connectivity index is 1.98. The van der Waals surface area contributed by atoms with Crippen LogP contribution in [0.2, 0.25) is 5.02 Å². The van der Waals surface area contributed by atoms with Gasteiger partial charge in [-0.25, -0.2) is 9.98 Å². The first-order chi connectivity index (χ1) is 11.6. The molecule has 0 unspecified atom stereocenters. The van der Waals surface area contributed by atoms with Crippen LogP contribution in [-0.2, 0) is 13.1 Å². The summed E-state index contributed by atoms with van der Waals surface area (Å²) in [5.74, 6) is 1.71. The van der Waals surface area contributed by atoms with E-state index in [4.69, 9.17) is 11.6 Å². The fourth-order valence-electron chi connectivity index (χ4n) is 2.09. The van der Waals surface area contributed by atoms with Gasteiger partial charge < -0.3 is 15.5 Å². The zero-order valence-corrected chi connectivity index (χ0v) is 15.1. The molecule has 0 spiro atoms. The first kappa shape index (κ1) is 18.1. The van der Waals surface area contributed by atoms with Crippen molar-refractivity contribution in [1.29, 1.82) is 0 Å². The van der Waals surface area contributed by atoms with Gasteiger partial charge in [0, 0.05) is 25.7 Å². The summed E-state index contributed by atoms with van der Waals surface area (Å²) < 4.78 is 0. The molecule has 0 aliphatic heterocycles. The van der Waals surface area contributed by atoms with E-state index in [2.05, 4.69) is 20.6 Å². The van der Waals surface area contributed by atoms with Crippen molar-refractivity contribution >= 4 is 23.4 Å². The summed E-state index contributed by atoms with van der Waals surface area (Å²) in [5, 5.41) is 7.30. The lowest BCUT2D eigenvalue weighted by atomic mass is 10.2. The van der Waals surface area contributed by atoms with Crippen LogP contribution in [0.25, 0.3) is 0 Å². The van der Waals surface area contributed by atoms with E-state index in [0.29, 0.717) is 13.1 Å². The lowest BCUT2D eigenvalue weighted by Crippen LogP contribution is -2.37. The third-order valence-electron chi connectivity index (χ3n) is 3.36. The van der Waals surface area contributed by atoms with Gasteiger partial charge in [-0.3, -0.25) is 0 Å². The van der Waals surface area contributed by atoms with Crippen molar-refractivity contribution < 1.29 is 0 Å². The van der Waals surface area contributed by atoms with Crippen molar-refractivity contribution in [2.45, 2.75) is 20.0 Å². The summed E-state index contributed by atoms with van der Waals surface area (Å²) >= 11 is 5.91. The number of benzene rings is 1. The molecule has 0 aliphatic rings. The molecule has 5 nitrogen and oxygen atoms in total. The molecule has 0 saturated carbocycles. The summed E-state index contributed by atoms with van der Waals surface area (Å²) in [6.45, 7) is 4.06. The van der Waals surface area contributed by atoms with Gasteiger partial charge in [0.2, 0.25) is 0 Å². The minimum absolute atomic E-state index is 0.595. The Bertz CT molecular complexity index is 667. The number of aromatic nitrogens is 1. The molecular formula is C18H24ClN5. The normalized spacial score (nSPS) is 11.2. The summed E-state index contributed by atoms with van der Waals surface area (Å²) in [4.78, 5) is 11.2. The number of aliphatic imine (C=N–C) groups is 1. The van der Waals surface area contributed by atoms with Crippen LogP contribution >= 0.6 is 11.6 Å². The molecule has 1 aromatic carbocycles. The second-order valence-electron chi connectivity index (χ2n) is 5.56. The Morgan fingerprint density at radius 1 is 1.12 bits per heavy atom. The fraction of sp³-hybridized carbons (Fsp3) is 0.333. The maximum absolute atomic E-state index is 5.91. The molecule has 24 heavy (non-hydrogen) atoms. The predicted octanol–water partition coefficient (Wildman–Crippen LogP) is 3.06. The molecule has 2 aromatic rings. The molecule has 0 amide bonds. The highest BCUT2D eigenvalue weighted by Gasteiger charge is 2.02. The van der Waals surface area contributed by atoms with Gasteiger partial charge in [0.1, 0.15) is 5.82 Å². The molecule has 0 atom stereocenters. The van der Waals surface area contributed by atoms with Crippen molar-refractivity contribution in [1.82, 2.24) is 15.6 Å². The summed E-state index contributed by atoms with van der Waals surface area (Å²) in [6.07, 6.45) is 0. The Hall–Kier alpha value is -2.27. The summed E-state index contributed by atoms with van der Waals surface area (Å²) in [7, 11) is 3.97. The van der Waals surface area contributed by atoms with Crippen LogP contribution in [0.1, 0.15) is 18.2 Å². The number of rotatable bonds is 6. The van der Waals surface area contributed by atoms with Crippen LogP contribution in [0.5, 0.6) is 0 Å². The van der Waals surface area contributed by atoms with Crippen LogP contribution in [0.4, 0.5) is 5.82 Å². The minimum atomic E-state index is 0.595. The molecular weight excluding hydrogens is 322 g/mol. The van der Waals surface area contributed by atoms with Gasteiger partial charge in [0.25, 0.3) is 0 Å². The highest BCUT2D eigenvalue weighted by molar-refractivity contribution is 6.30. The first-order valence-corrected chi connectivity index (χ1v) is 8.36. The maximum atomic E-state index is 5.91. The van der Waals surface area contributed by atoms with Gasteiger partial charge in [-0.15, -0.1) is 0 Å². The number of hydrogen-bond donors (Lipinski definition) is 2. The van der Waals surface area contributed by atoms with Crippen molar-refractivity contribution in [2.75, 3.05) is 25.5 Å². The number of pyridine rings is 1. The van der Waals surface area contributed by atoms with Crippen LogP contribution in [0, 0.1) is 0 Å². The molecule has 1 aromatic heterocycles. The number of nitrogens with zero attached hydrogens (tertiary/aromatic N) is 3. The van der Waals surface area contributed by atoms with E-state index in [9.17, 15) is 0 Å². The van der Waals surface area contributed by atoms with Crippen LogP contribution in [0.3, 0.4) is 0 Å². The molecule has 2 N–H and O–H groups in total. The second kappa shape index (κ2) is 9.13. The topological polar surface area (TPSA) is 52.6 Å². The van der Waals surface area contributed by atoms with Crippen molar-refractivity contribution in [2.24, 2.45) is 4.99 Å². The zero-order valence-electron chi connectivity index (χ0n) is 14.4. The lowest BCUT2D eigenvalue weighted by Gasteiger charge is -2.14. The average molecular weight is 346 g/mol. The SMILES string of the molecule is CCNC(=NCc1ccc(Cl)cc1)NCc1cccc(N(C)C)n1. The standard InChI is InChI=1S/C18H24ClN5/c1-4-20-18(21-12-14-8-10-15(19)11-9-14)22-13-16-6-5-7-17(23-16)24(2)3/h5-11H,4,12-13H2,1-3H3,(H2,20,21,22). The zero-order chi connectivity index (χ0) is 17.4. The highest BCUT2D eigenvalue weighted by Crippen LogP contribution is 2.10. The quantitative estimate of drug-likeness (QED) is 0.624. The van der Waals surface area contributed by atoms with Crippen molar-refractivity contribution in [3.63, 3.8) is 0 Å². The Labute approximate surface area is 148 Å². The molecule has 0 saturated heterocycles. The molecule has 128 valence electrons. The molecule has 0 fully saturated rings. The van der Waals surface area contributed by atoms with Gasteiger partial charge in [0.05, 0.1) is 18.8 Å². The van der Waals surface area contributed by atoms with Crippen molar-refractivity contribution in [3.05, 3.63) is 58.7 Å². The molecule has 2 rings (SSSR count). The Morgan fingerprint density at radius 3 is 2.54 bits per heavy atom. The predicted molar refractivity (Wildman–Crippen MR) is 102 cm³/mol. The van der Waals surface area contributed by atoms with Gasteiger partial charge in [0.15, 0.2) is 5.96 Å². The third-order valence-corrected chi connectivity index (χ3v) is 3.62. The summed E-state index contributed by atoms with van der Waals surface area (Å²) in [6, 6.07) is 13.7. The molecule has 0 radical (unpaired) electrons. The smallest absolute Gasteiger partial charge is 0.191 e. The van der Waals surface area contributed by atoms with E-state index in [1.807, 2.05) is 68.4 Å². The second-order valence-corrected chi connectivity index (χ2v) is 5.99. The summed E-state index contributed by atoms with van der Waals surface area (Å²) in [5.41, 5.74) is 2.09. The van der Waals surface area contributed by atoms with E-state index in [1.54, 1.807) is 0 Å². The van der Waals surface area contributed by atoms with E-state index in [0.717, 1.165) is 34.6 Å². The molecule has 0 bridgehead atoms. The third kappa shape index (κ3) is 5.74. The van der Waals surface area contributed by atoms with Crippen molar-refractivity contribution in [3.8, 4) is 0 Å².